The second-order valence-corrected chi connectivity index (χ2v) is 7.16. The molecule has 0 fully saturated rings. The zero-order valence-electron chi connectivity index (χ0n) is 16.0. The number of benzene rings is 2. The predicted molar refractivity (Wildman–Crippen MR) is 112 cm³/mol. The molecule has 2 heterocycles. The molecule has 142 valence electrons. The smallest absolute Gasteiger partial charge is 0.277 e. The van der Waals surface area contributed by atoms with Gasteiger partial charge in [0.2, 0.25) is 0 Å². The lowest BCUT2D eigenvalue weighted by atomic mass is 10.1. The van der Waals surface area contributed by atoms with Crippen LogP contribution in [0.4, 0.5) is 11.5 Å². The number of aromatic nitrogens is 2. The molecule has 5 nitrogen and oxygen atoms in total. The second-order valence-electron chi connectivity index (χ2n) is 7.16. The number of rotatable bonds is 6. The van der Waals surface area contributed by atoms with Gasteiger partial charge in [-0.1, -0.05) is 48.5 Å². The molecule has 3 aromatic rings. The lowest BCUT2D eigenvalue weighted by molar-refractivity contribution is 0.0976. The highest BCUT2D eigenvalue weighted by Gasteiger charge is 2.31. The molecule has 0 radical (unpaired) electrons. The molecule has 0 bridgehead atoms. The lowest BCUT2D eigenvalue weighted by Crippen LogP contribution is -2.36. The Balaban J connectivity index is 1.40. The first-order valence-electron chi connectivity index (χ1n) is 9.73. The molecular formula is C23H24N4O. The van der Waals surface area contributed by atoms with Crippen LogP contribution in [0.5, 0.6) is 0 Å². The molecule has 1 atom stereocenters. The van der Waals surface area contributed by atoms with Crippen molar-refractivity contribution < 1.29 is 4.79 Å². The fraction of sp³-hybridized carbons (Fsp3) is 0.261. The van der Waals surface area contributed by atoms with Gasteiger partial charge >= 0.3 is 0 Å². The van der Waals surface area contributed by atoms with Gasteiger partial charge in [-0.05, 0) is 43.4 Å². The predicted octanol–water partition coefficient (Wildman–Crippen LogP) is 4.11. The summed E-state index contributed by atoms with van der Waals surface area (Å²) in [6.45, 7) is 2.87. The summed E-state index contributed by atoms with van der Waals surface area (Å²) in [6, 6.07) is 20.4. The number of fused-ring (bicyclic) bond motifs is 1. The topological polar surface area (TPSA) is 58.1 Å². The minimum Gasteiger partial charge on any atom is -0.370 e. The van der Waals surface area contributed by atoms with E-state index < -0.39 is 0 Å². The summed E-state index contributed by atoms with van der Waals surface area (Å²) in [7, 11) is 0. The number of carbonyl (C=O) groups is 1. The molecule has 1 N–H and O–H groups in total. The van der Waals surface area contributed by atoms with Gasteiger partial charge in [0, 0.05) is 24.3 Å². The summed E-state index contributed by atoms with van der Waals surface area (Å²) in [5, 5.41) is 3.31. The summed E-state index contributed by atoms with van der Waals surface area (Å²) < 4.78 is 0. The van der Waals surface area contributed by atoms with Gasteiger partial charge in [0.25, 0.3) is 5.91 Å². The van der Waals surface area contributed by atoms with Crippen molar-refractivity contribution in [3.8, 4) is 0 Å². The first-order chi connectivity index (χ1) is 13.7. The molecule has 1 aromatic heterocycles. The van der Waals surface area contributed by atoms with Crippen LogP contribution in [-0.4, -0.2) is 28.5 Å². The van der Waals surface area contributed by atoms with Gasteiger partial charge in [-0.25, -0.2) is 9.97 Å². The summed E-state index contributed by atoms with van der Waals surface area (Å²) in [5.41, 5.74) is 3.93. The molecule has 0 saturated carbocycles. The summed E-state index contributed by atoms with van der Waals surface area (Å²) in [6.07, 6.45) is 4.33. The van der Waals surface area contributed by atoms with Crippen LogP contribution in [0.15, 0.2) is 67.0 Å². The van der Waals surface area contributed by atoms with Crippen LogP contribution in [0.2, 0.25) is 0 Å². The number of anilines is 2. The maximum absolute atomic E-state index is 13.1. The first-order valence-corrected chi connectivity index (χ1v) is 9.73. The van der Waals surface area contributed by atoms with Crippen molar-refractivity contribution in [2.75, 3.05) is 16.8 Å². The molecule has 4 rings (SSSR count). The van der Waals surface area contributed by atoms with Gasteiger partial charge < -0.3 is 10.2 Å². The van der Waals surface area contributed by atoms with E-state index in [2.05, 4.69) is 52.5 Å². The first kappa shape index (κ1) is 18.2. The van der Waals surface area contributed by atoms with Crippen molar-refractivity contribution >= 4 is 17.4 Å². The van der Waals surface area contributed by atoms with E-state index in [1.165, 1.54) is 17.5 Å². The van der Waals surface area contributed by atoms with Crippen molar-refractivity contribution in [1.29, 1.82) is 0 Å². The third-order valence-electron chi connectivity index (χ3n) is 5.10. The maximum Gasteiger partial charge on any atom is 0.277 e. The standard InChI is InChI=1S/C23H24N4O/c1-17-14-19-11-5-6-12-21(19)27(17)23(28)20-15-22(26-16-25-20)24-13-7-10-18-8-3-2-4-9-18/h2-6,8-9,11-12,15-17H,7,10,13-14H2,1H3,(H,24,25,26). The van der Waals surface area contributed by atoms with Crippen molar-refractivity contribution in [1.82, 2.24) is 9.97 Å². The number of amides is 1. The van der Waals surface area contributed by atoms with Gasteiger partial charge in [-0.15, -0.1) is 0 Å². The highest BCUT2D eigenvalue weighted by atomic mass is 16.2. The van der Waals surface area contributed by atoms with Crippen LogP contribution in [0, 0.1) is 0 Å². The van der Waals surface area contributed by atoms with Crippen molar-refractivity contribution in [2.24, 2.45) is 0 Å². The van der Waals surface area contributed by atoms with Crippen LogP contribution >= 0.6 is 0 Å². The van der Waals surface area contributed by atoms with Gasteiger partial charge in [-0.2, -0.15) is 0 Å². The molecule has 1 aliphatic rings. The molecule has 5 heteroatoms. The van der Waals surface area contributed by atoms with E-state index in [0.717, 1.165) is 31.5 Å². The Labute approximate surface area is 165 Å². The second kappa shape index (κ2) is 8.21. The van der Waals surface area contributed by atoms with Crippen LogP contribution in [-0.2, 0) is 12.8 Å². The Hall–Kier alpha value is -3.21. The fourth-order valence-corrected chi connectivity index (χ4v) is 3.72. The summed E-state index contributed by atoms with van der Waals surface area (Å²) >= 11 is 0. The van der Waals surface area contributed by atoms with Crippen molar-refractivity contribution in [3.63, 3.8) is 0 Å². The van der Waals surface area contributed by atoms with Gasteiger partial charge in [0.15, 0.2) is 0 Å². The average molecular weight is 372 g/mol. The molecule has 0 saturated heterocycles. The quantitative estimate of drug-likeness (QED) is 0.662. The lowest BCUT2D eigenvalue weighted by Gasteiger charge is -2.22. The number of nitrogens with zero attached hydrogens (tertiary/aromatic N) is 3. The van der Waals surface area contributed by atoms with E-state index in [0.29, 0.717) is 11.5 Å². The summed E-state index contributed by atoms with van der Waals surface area (Å²) in [4.78, 5) is 23.4. The largest absolute Gasteiger partial charge is 0.370 e. The normalized spacial score (nSPS) is 15.3. The molecule has 0 spiro atoms. The third-order valence-corrected chi connectivity index (χ3v) is 5.10. The number of nitrogens with one attached hydrogen (secondary N) is 1. The highest BCUT2D eigenvalue weighted by Crippen LogP contribution is 2.32. The van der Waals surface area contributed by atoms with E-state index in [1.54, 1.807) is 6.07 Å². The maximum atomic E-state index is 13.1. The van der Waals surface area contributed by atoms with E-state index in [-0.39, 0.29) is 11.9 Å². The number of carbonyl (C=O) groups excluding carboxylic acids is 1. The molecular weight excluding hydrogens is 348 g/mol. The van der Waals surface area contributed by atoms with Gasteiger partial charge in [0.1, 0.15) is 17.8 Å². The van der Waals surface area contributed by atoms with Crippen molar-refractivity contribution in [2.45, 2.75) is 32.2 Å². The van der Waals surface area contributed by atoms with E-state index in [1.807, 2.05) is 29.2 Å². The van der Waals surface area contributed by atoms with E-state index in [9.17, 15) is 4.79 Å². The monoisotopic (exact) mass is 372 g/mol. The minimum absolute atomic E-state index is 0.0767. The molecule has 28 heavy (non-hydrogen) atoms. The van der Waals surface area contributed by atoms with Crippen LogP contribution in [0.1, 0.15) is 35.0 Å². The van der Waals surface area contributed by atoms with Gasteiger partial charge in [-0.3, -0.25) is 4.79 Å². The highest BCUT2D eigenvalue weighted by molar-refractivity contribution is 6.06. The Kier molecular flexibility index (Phi) is 5.33. The fourth-order valence-electron chi connectivity index (χ4n) is 3.72. The van der Waals surface area contributed by atoms with Crippen LogP contribution < -0.4 is 10.2 Å². The number of hydrogen-bond acceptors (Lipinski definition) is 4. The summed E-state index contributed by atoms with van der Waals surface area (Å²) in [5.74, 6) is 0.610. The van der Waals surface area contributed by atoms with Crippen LogP contribution in [0.25, 0.3) is 0 Å². The number of aryl methyl sites for hydroxylation is 1. The molecule has 1 amide bonds. The van der Waals surface area contributed by atoms with Gasteiger partial charge in [0.05, 0.1) is 0 Å². The minimum atomic E-state index is -0.0767. The molecule has 2 aromatic carbocycles. The molecule has 0 aliphatic carbocycles. The molecule has 1 unspecified atom stereocenters. The molecule has 1 aliphatic heterocycles. The van der Waals surface area contributed by atoms with Crippen LogP contribution in [0.3, 0.4) is 0 Å². The third kappa shape index (κ3) is 3.88. The Morgan fingerprint density at radius 2 is 1.89 bits per heavy atom. The number of para-hydroxylation sites is 1. The Bertz CT molecular complexity index is 958. The zero-order valence-corrected chi connectivity index (χ0v) is 16.0. The Morgan fingerprint density at radius 3 is 2.75 bits per heavy atom. The Morgan fingerprint density at radius 1 is 1.11 bits per heavy atom. The van der Waals surface area contributed by atoms with Crippen molar-refractivity contribution in [3.05, 3.63) is 83.8 Å². The van der Waals surface area contributed by atoms with E-state index in [4.69, 9.17) is 0 Å². The number of hydrogen-bond donors (Lipinski definition) is 1. The van der Waals surface area contributed by atoms with E-state index >= 15 is 0 Å². The zero-order chi connectivity index (χ0) is 19.3. The average Bonchev–Trinajstić information content (AvgIpc) is 3.07. The SMILES string of the molecule is CC1Cc2ccccc2N1C(=O)c1cc(NCCCc2ccccc2)ncn1.